The molecule has 0 spiro atoms. The van der Waals surface area contributed by atoms with Crippen LogP contribution in [0.3, 0.4) is 0 Å². The number of hydrogen-bond acceptors (Lipinski definition) is 4. The lowest BCUT2D eigenvalue weighted by molar-refractivity contribution is -0.132. The third kappa shape index (κ3) is 4.72. The molecular weight excluding hydrogens is 264 g/mol. The summed E-state index contributed by atoms with van der Waals surface area (Å²) in [7, 11) is 6.07. The van der Waals surface area contributed by atoms with E-state index in [-0.39, 0.29) is 5.91 Å². The van der Waals surface area contributed by atoms with Crippen molar-refractivity contribution in [1.82, 2.24) is 15.1 Å². The molecule has 1 saturated heterocycles. The van der Waals surface area contributed by atoms with E-state index in [1.165, 1.54) is 11.3 Å². The van der Waals surface area contributed by atoms with Crippen LogP contribution in [-0.2, 0) is 11.3 Å². The second-order valence-electron chi connectivity index (χ2n) is 5.86. The molecule has 0 saturated carbocycles. The molecule has 5 heteroatoms. The fourth-order valence-electron chi connectivity index (χ4n) is 2.51. The molecule has 1 N–H and O–H groups in total. The largest absolute Gasteiger partial charge is 0.378 e. The smallest absolute Gasteiger partial charge is 0.236 e. The number of benzene rings is 1. The molecule has 1 aliphatic rings. The van der Waals surface area contributed by atoms with Crippen LogP contribution in [0.1, 0.15) is 5.56 Å². The molecule has 0 aliphatic carbocycles. The van der Waals surface area contributed by atoms with Crippen molar-refractivity contribution in [2.75, 3.05) is 58.8 Å². The van der Waals surface area contributed by atoms with Gasteiger partial charge in [-0.2, -0.15) is 0 Å². The fourth-order valence-corrected chi connectivity index (χ4v) is 2.51. The predicted octanol–water partition coefficient (Wildman–Crippen LogP) is 0.616. The first kappa shape index (κ1) is 15.8. The van der Waals surface area contributed by atoms with Gasteiger partial charge in [-0.15, -0.1) is 0 Å². The van der Waals surface area contributed by atoms with Crippen molar-refractivity contribution in [1.29, 1.82) is 0 Å². The molecule has 1 fully saturated rings. The van der Waals surface area contributed by atoms with E-state index < -0.39 is 0 Å². The van der Waals surface area contributed by atoms with E-state index in [9.17, 15) is 4.79 Å². The van der Waals surface area contributed by atoms with Gasteiger partial charge in [-0.05, 0) is 24.7 Å². The van der Waals surface area contributed by atoms with Gasteiger partial charge in [0, 0.05) is 52.5 Å². The second kappa shape index (κ2) is 7.43. The van der Waals surface area contributed by atoms with E-state index in [1.807, 2.05) is 26.0 Å². The normalized spacial score (nSPS) is 15.3. The zero-order valence-corrected chi connectivity index (χ0v) is 13.3. The SMILES string of the molecule is CN(CC(=O)N1CCNCC1)Cc1ccc(N(C)C)cc1. The number of piperazine rings is 1. The van der Waals surface area contributed by atoms with E-state index in [4.69, 9.17) is 0 Å². The number of anilines is 1. The zero-order valence-electron chi connectivity index (χ0n) is 13.3. The number of hydrogen-bond donors (Lipinski definition) is 1. The topological polar surface area (TPSA) is 38.8 Å². The predicted molar refractivity (Wildman–Crippen MR) is 86.6 cm³/mol. The molecular formula is C16H26N4O. The first-order valence-corrected chi connectivity index (χ1v) is 7.49. The summed E-state index contributed by atoms with van der Waals surface area (Å²) in [5, 5.41) is 3.27. The molecule has 0 radical (unpaired) electrons. The van der Waals surface area contributed by atoms with Gasteiger partial charge in [0.15, 0.2) is 0 Å². The summed E-state index contributed by atoms with van der Waals surface area (Å²) in [6.07, 6.45) is 0. The van der Waals surface area contributed by atoms with Gasteiger partial charge < -0.3 is 15.1 Å². The number of amides is 1. The van der Waals surface area contributed by atoms with Crippen LogP contribution in [0, 0.1) is 0 Å². The minimum Gasteiger partial charge on any atom is -0.378 e. The summed E-state index contributed by atoms with van der Waals surface area (Å²) in [6, 6.07) is 8.48. The Kier molecular flexibility index (Phi) is 5.59. The molecule has 0 unspecified atom stereocenters. The number of nitrogens with zero attached hydrogens (tertiary/aromatic N) is 3. The van der Waals surface area contributed by atoms with Crippen LogP contribution in [0.4, 0.5) is 5.69 Å². The average Bonchev–Trinajstić information content (AvgIpc) is 2.48. The number of rotatable bonds is 5. The van der Waals surface area contributed by atoms with Crippen molar-refractivity contribution < 1.29 is 4.79 Å². The van der Waals surface area contributed by atoms with E-state index in [2.05, 4.69) is 39.4 Å². The Morgan fingerprint density at radius 2 is 1.76 bits per heavy atom. The Morgan fingerprint density at radius 3 is 2.33 bits per heavy atom. The number of likely N-dealkylation sites (N-methyl/N-ethyl adjacent to an activating group) is 1. The van der Waals surface area contributed by atoms with Crippen LogP contribution in [0.15, 0.2) is 24.3 Å². The molecule has 0 bridgehead atoms. The van der Waals surface area contributed by atoms with Crippen molar-refractivity contribution in [3.8, 4) is 0 Å². The van der Waals surface area contributed by atoms with Crippen LogP contribution in [0.25, 0.3) is 0 Å². The van der Waals surface area contributed by atoms with Gasteiger partial charge >= 0.3 is 0 Å². The summed E-state index contributed by atoms with van der Waals surface area (Å²) in [5.74, 6) is 0.226. The molecule has 1 aromatic carbocycles. The highest BCUT2D eigenvalue weighted by atomic mass is 16.2. The highest BCUT2D eigenvalue weighted by Gasteiger charge is 2.17. The lowest BCUT2D eigenvalue weighted by Crippen LogP contribution is -2.49. The molecule has 2 rings (SSSR count). The van der Waals surface area contributed by atoms with Crippen molar-refractivity contribution in [2.45, 2.75) is 6.54 Å². The lowest BCUT2D eigenvalue weighted by atomic mass is 10.2. The van der Waals surface area contributed by atoms with Gasteiger partial charge in [-0.25, -0.2) is 0 Å². The first-order valence-electron chi connectivity index (χ1n) is 7.49. The standard InChI is InChI=1S/C16H26N4O/c1-18(2)15-6-4-14(5-7-15)12-19(3)13-16(21)20-10-8-17-9-11-20/h4-7,17H,8-13H2,1-3H3. The van der Waals surface area contributed by atoms with E-state index in [0.29, 0.717) is 6.54 Å². The zero-order chi connectivity index (χ0) is 15.2. The number of carbonyl (C=O) groups is 1. The minimum atomic E-state index is 0.226. The van der Waals surface area contributed by atoms with Gasteiger partial charge in [0.25, 0.3) is 0 Å². The summed E-state index contributed by atoms with van der Waals surface area (Å²) < 4.78 is 0. The highest BCUT2D eigenvalue weighted by Crippen LogP contribution is 2.13. The molecule has 0 aromatic heterocycles. The molecule has 21 heavy (non-hydrogen) atoms. The van der Waals surface area contributed by atoms with Gasteiger partial charge in [0.2, 0.25) is 5.91 Å². The summed E-state index contributed by atoms with van der Waals surface area (Å²) >= 11 is 0. The maximum atomic E-state index is 12.2. The van der Waals surface area contributed by atoms with Crippen molar-refractivity contribution in [2.24, 2.45) is 0 Å². The van der Waals surface area contributed by atoms with E-state index >= 15 is 0 Å². The molecule has 116 valence electrons. The summed E-state index contributed by atoms with van der Waals surface area (Å²) in [5.41, 5.74) is 2.43. The van der Waals surface area contributed by atoms with Crippen LogP contribution in [0.2, 0.25) is 0 Å². The summed E-state index contributed by atoms with van der Waals surface area (Å²) in [4.78, 5) is 18.3. The third-order valence-corrected chi connectivity index (χ3v) is 3.78. The van der Waals surface area contributed by atoms with Crippen molar-refractivity contribution in [3.63, 3.8) is 0 Å². The molecule has 1 heterocycles. The highest BCUT2D eigenvalue weighted by molar-refractivity contribution is 5.78. The minimum absolute atomic E-state index is 0.226. The molecule has 5 nitrogen and oxygen atoms in total. The van der Waals surface area contributed by atoms with E-state index in [0.717, 1.165) is 32.7 Å². The van der Waals surface area contributed by atoms with Crippen molar-refractivity contribution in [3.05, 3.63) is 29.8 Å². The Balaban J connectivity index is 1.83. The van der Waals surface area contributed by atoms with Crippen LogP contribution >= 0.6 is 0 Å². The van der Waals surface area contributed by atoms with Crippen molar-refractivity contribution >= 4 is 11.6 Å². The monoisotopic (exact) mass is 290 g/mol. The van der Waals surface area contributed by atoms with Crippen LogP contribution in [0.5, 0.6) is 0 Å². The Hall–Kier alpha value is -1.59. The average molecular weight is 290 g/mol. The molecule has 1 aliphatic heterocycles. The Labute approximate surface area is 127 Å². The third-order valence-electron chi connectivity index (χ3n) is 3.78. The molecule has 1 amide bonds. The Morgan fingerprint density at radius 1 is 1.14 bits per heavy atom. The van der Waals surface area contributed by atoms with Gasteiger partial charge in [-0.1, -0.05) is 12.1 Å². The number of nitrogens with one attached hydrogen (secondary N) is 1. The maximum absolute atomic E-state index is 12.2. The van der Waals surface area contributed by atoms with Crippen LogP contribution < -0.4 is 10.2 Å². The quantitative estimate of drug-likeness (QED) is 0.863. The molecule has 0 atom stereocenters. The molecule has 1 aromatic rings. The van der Waals surface area contributed by atoms with Crippen LogP contribution in [-0.4, -0.2) is 69.6 Å². The number of carbonyl (C=O) groups excluding carboxylic acids is 1. The maximum Gasteiger partial charge on any atom is 0.236 e. The Bertz CT molecular complexity index is 452. The first-order chi connectivity index (χ1) is 10.1. The lowest BCUT2D eigenvalue weighted by Gasteiger charge is -2.29. The van der Waals surface area contributed by atoms with Gasteiger partial charge in [0.1, 0.15) is 0 Å². The second-order valence-corrected chi connectivity index (χ2v) is 5.86. The van der Waals surface area contributed by atoms with E-state index in [1.54, 1.807) is 0 Å². The fraction of sp³-hybridized carbons (Fsp3) is 0.562. The van der Waals surface area contributed by atoms with Gasteiger partial charge in [-0.3, -0.25) is 9.69 Å². The summed E-state index contributed by atoms with van der Waals surface area (Å²) in [6.45, 7) is 4.73. The van der Waals surface area contributed by atoms with Gasteiger partial charge in [0.05, 0.1) is 6.54 Å².